The summed E-state index contributed by atoms with van der Waals surface area (Å²) in [6, 6.07) is 0.718. The zero-order valence-electron chi connectivity index (χ0n) is 13.7. The SMILES string of the molecule is Cl.N[C@H]1CCN(c2c(F)cc3c(=O)c(C(=O)O)cn(C4CC4)c3c2F)C1. The molecule has 1 aromatic heterocycles. The number of nitrogens with two attached hydrogens (primary N) is 1. The molecule has 0 spiro atoms. The van der Waals surface area contributed by atoms with Crippen LogP contribution in [0.1, 0.15) is 35.7 Å². The number of hydrogen-bond donors (Lipinski definition) is 2. The Morgan fingerprint density at radius 2 is 1.96 bits per heavy atom. The topological polar surface area (TPSA) is 88.6 Å². The zero-order chi connectivity index (χ0) is 17.9. The van der Waals surface area contributed by atoms with Gasteiger partial charge in [0.25, 0.3) is 0 Å². The van der Waals surface area contributed by atoms with Gasteiger partial charge in [-0.1, -0.05) is 0 Å². The summed E-state index contributed by atoms with van der Waals surface area (Å²) in [5.41, 5.74) is 4.25. The van der Waals surface area contributed by atoms with Gasteiger partial charge in [-0.05, 0) is 25.3 Å². The van der Waals surface area contributed by atoms with Crippen LogP contribution in [0, 0.1) is 11.6 Å². The first-order chi connectivity index (χ1) is 11.9. The van der Waals surface area contributed by atoms with Crippen LogP contribution < -0.4 is 16.1 Å². The van der Waals surface area contributed by atoms with E-state index in [2.05, 4.69) is 0 Å². The van der Waals surface area contributed by atoms with Crippen molar-refractivity contribution >= 4 is 35.0 Å². The van der Waals surface area contributed by atoms with E-state index >= 15 is 4.39 Å². The lowest BCUT2D eigenvalue weighted by atomic mass is 10.1. The number of aromatic carboxylic acids is 1. The van der Waals surface area contributed by atoms with Crippen molar-refractivity contribution in [2.45, 2.75) is 31.3 Å². The number of aromatic nitrogens is 1. The summed E-state index contributed by atoms with van der Waals surface area (Å²) in [5.74, 6) is -3.11. The monoisotopic (exact) mass is 385 g/mol. The van der Waals surface area contributed by atoms with Crippen molar-refractivity contribution in [3.8, 4) is 0 Å². The molecule has 1 saturated heterocycles. The number of nitrogens with zero attached hydrogens (tertiary/aromatic N) is 2. The van der Waals surface area contributed by atoms with Gasteiger partial charge in [0.1, 0.15) is 17.1 Å². The van der Waals surface area contributed by atoms with E-state index in [1.54, 1.807) is 4.90 Å². The number of fused-ring (bicyclic) bond motifs is 1. The van der Waals surface area contributed by atoms with Crippen LogP contribution in [-0.4, -0.2) is 34.8 Å². The molecule has 1 aliphatic heterocycles. The number of hydrogen-bond acceptors (Lipinski definition) is 4. The first-order valence-electron chi connectivity index (χ1n) is 8.19. The van der Waals surface area contributed by atoms with Crippen molar-refractivity contribution in [2.75, 3.05) is 18.0 Å². The van der Waals surface area contributed by atoms with E-state index in [0.717, 1.165) is 18.9 Å². The van der Waals surface area contributed by atoms with Crippen molar-refractivity contribution in [1.82, 2.24) is 4.57 Å². The molecule has 2 heterocycles. The second-order valence-corrected chi connectivity index (χ2v) is 6.73. The molecule has 0 amide bonds. The molecule has 6 nitrogen and oxygen atoms in total. The Morgan fingerprint density at radius 1 is 1.27 bits per heavy atom. The van der Waals surface area contributed by atoms with Crippen molar-refractivity contribution in [1.29, 1.82) is 0 Å². The number of benzene rings is 1. The third-order valence-electron chi connectivity index (χ3n) is 4.90. The number of carboxylic acids is 1. The van der Waals surface area contributed by atoms with E-state index in [4.69, 9.17) is 5.73 Å². The molecule has 26 heavy (non-hydrogen) atoms. The molecule has 0 bridgehead atoms. The summed E-state index contributed by atoms with van der Waals surface area (Å²) in [6.07, 6.45) is 3.32. The van der Waals surface area contributed by atoms with Gasteiger partial charge < -0.3 is 20.3 Å². The third kappa shape index (κ3) is 2.83. The smallest absolute Gasteiger partial charge is 0.341 e. The van der Waals surface area contributed by atoms with Gasteiger partial charge in [-0.15, -0.1) is 12.4 Å². The van der Waals surface area contributed by atoms with E-state index in [9.17, 15) is 19.1 Å². The Bertz CT molecular complexity index is 959. The fraction of sp³-hybridized carbons (Fsp3) is 0.412. The molecule has 1 saturated carbocycles. The molecule has 1 aliphatic carbocycles. The van der Waals surface area contributed by atoms with Gasteiger partial charge >= 0.3 is 5.97 Å². The Morgan fingerprint density at radius 3 is 2.50 bits per heavy atom. The van der Waals surface area contributed by atoms with Crippen molar-refractivity contribution in [2.24, 2.45) is 5.73 Å². The van der Waals surface area contributed by atoms with Gasteiger partial charge in [0.15, 0.2) is 5.82 Å². The fourth-order valence-electron chi connectivity index (χ4n) is 3.50. The Balaban J connectivity index is 0.00000196. The van der Waals surface area contributed by atoms with E-state index < -0.39 is 28.6 Å². The predicted octanol–water partition coefficient (Wildman–Crippen LogP) is 2.27. The number of rotatable bonds is 3. The maximum absolute atomic E-state index is 15.2. The van der Waals surface area contributed by atoms with Crippen molar-refractivity contribution < 1.29 is 18.7 Å². The fourth-order valence-corrected chi connectivity index (χ4v) is 3.50. The maximum atomic E-state index is 15.2. The zero-order valence-corrected chi connectivity index (χ0v) is 14.6. The van der Waals surface area contributed by atoms with Gasteiger partial charge in [0.05, 0.1) is 10.9 Å². The maximum Gasteiger partial charge on any atom is 0.341 e. The lowest BCUT2D eigenvalue weighted by Gasteiger charge is -2.22. The van der Waals surface area contributed by atoms with Crippen LogP contribution in [0.5, 0.6) is 0 Å². The van der Waals surface area contributed by atoms with Gasteiger partial charge in [-0.3, -0.25) is 4.79 Å². The van der Waals surface area contributed by atoms with Gasteiger partial charge in [0.2, 0.25) is 5.43 Å². The quantitative estimate of drug-likeness (QED) is 0.846. The molecule has 2 aliphatic rings. The molecule has 4 rings (SSSR count). The standard InChI is InChI=1S/C17H17F2N3O3.ClH/c18-12-5-10-14(13(19)15(12)21-4-3-8(20)6-21)22(9-1-2-9)7-11(16(10)23)17(24)25;/h5,7-9H,1-4,6,20H2,(H,24,25);1H/t8-;/m0./s1. The number of carbonyl (C=O) groups is 1. The van der Waals surface area contributed by atoms with Gasteiger partial charge in [0, 0.05) is 31.4 Å². The summed E-state index contributed by atoms with van der Waals surface area (Å²) in [6.45, 7) is 0.765. The molecule has 2 fully saturated rings. The Hall–Kier alpha value is -2.19. The molecule has 140 valence electrons. The normalized spacial score (nSPS) is 19.7. The lowest BCUT2D eigenvalue weighted by molar-refractivity contribution is 0.0695. The van der Waals surface area contributed by atoms with Crippen LogP contribution in [0.2, 0.25) is 0 Å². The van der Waals surface area contributed by atoms with Crippen LogP contribution in [0.4, 0.5) is 14.5 Å². The summed E-state index contributed by atoms with van der Waals surface area (Å²) in [5, 5.41) is 8.98. The number of carboxylic acid groups (broad SMARTS) is 1. The highest BCUT2D eigenvalue weighted by atomic mass is 35.5. The number of anilines is 1. The van der Waals surface area contributed by atoms with E-state index in [1.165, 1.54) is 10.8 Å². The van der Waals surface area contributed by atoms with E-state index in [1.807, 2.05) is 0 Å². The predicted molar refractivity (Wildman–Crippen MR) is 95.4 cm³/mol. The molecule has 0 unspecified atom stereocenters. The summed E-state index contributed by atoms with van der Waals surface area (Å²) in [4.78, 5) is 25.3. The first kappa shape index (κ1) is 18.6. The van der Waals surface area contributed by atoms with Crippen LogP contribution in [0.25, 0.3) is 10.9 Å². The largest absolute Gasteiger partial charge is 0.477 e. The lowest BCUT2D eigenvalue weighted by Crippen LogP contribution is -2.28. The van der Waals surface area contributed by atoms with Crippen LogP contribution in [0.3, 0.4) is 0 Å². The van der Waals surface area contributed by atoms with E-state index in [0.29, 0.717) is 19.5 Å². The summed E-state index contributed by atoms with van der Waals surface area (Å²) in [7, 11) is 0. The van der Waals surface area contributed by atoms with Crippen molar-refractivity contribution in [3.05, 3.63) is 39.7 Å². The van der Waals surface area contributed by atoms with E-state index in [-0.39, 0.29) is 41.1 Å². The average molecular weight is 386 g/mol. The molecule has 2 aromatic rings. The summed E-state index contributed by atoms with van der Waals surface area (Å²) < 4.78 is 31.3. The minimum Gasteiger partial charge on any atom is -0.477 e. The molecule has 9 heteroatoms. The van der Waals surface area contributed by atoms with Crippen molar-refractivity contribution in [3.63, 3.8) is 0 Å². The summed E-state index contributed by atoms with van der Waals surface area (Å²) >= 11 is 0. The Kier molecular flexibility index (Phi) is 4.66. The minimum absolute atomic E-state index is 0. The minimum atomic E-state index is -1.41. The second kappa shape index (κ2) is 6.51. The first-order valence-corrected chi connectivity index (χ1v) is 8.19. The molecule has 0 radical (unpaired) electrons. The highest BCUT2D eigenvalue weighted by Crippen LogP contribution is 2.40. The van der Waals surface area contributed by atoms with Crippen LogP contribution in [0.15, 0.2) is 17.1 Å². The highest BCUT2D eigenvalue weighted by molar-refractivity contribution is 5.94. The van der Waals surface area contributed by atoms with Crippen LogP contribution in [-0.2, 0) is 0 Å². The molecular formula is C17H18ClF2N3O3. The molecular weight excluding hydrogens is 368 g/mol. The number of pyridine rings is 1. The third-order valence-corrected chi connectivity index (χ3v) is 4.90. The second-order valence-electron chi connectivity index (χ2n) is 6.73. The molecule has 1 aromatic carbocycles. The number of halogens is 3. The molecule has 3 N–H and O–H groups in total. The van der Waals surface area contributed by atoms with Gasteiger partial charge in [-0.25, -0.2) is 13.6 Å². The van der Waals surface area contributed by atoms with Crippen LogP contribution >= 0.6 is 12.4 Å². The Labute approximate surface area is 153 Å². The highest BCUT2D eigenvalue weighted by Gasteiger charge is 2.32. The molecule has 1 atom stereocenters. The van der Waals surface area contributed by atoms with Gasteiger partial charge in [-0.2, -0.15) is 0 Å². The average Bonchev–Trinajstić information content (AvgIpc) is 3.30.